The van der Waals surface area contributed by atoms with Gasteiger partial charge in [-0.1, -0.05) is 99.6 Å². The minimum absolute atomic E-state index is 0.0370. The van der Waals surface area contributed by atoms with Gasteiger partial charge >= 0.3 is 11.8 Å². The number of rotatable bonds is 10. The Labute approximate surface area is 232 Å². The first kappa shape index (κ1) is 28.1. The lowest BCUT2D eigenvalue weighted by Crippen LogP contribution is -2.64. The summed E-state index contributed by atoms with van der Waals surface area (Å²) in [6, 6.07) is 28.5. The Balaban J connectivity index is 1.59. The number of carbonyl (C=O) groups is 3. The van der Waals surface area contributed by atoms with E-state index in [0.717, 1.165) is 17.5 Å². The van der Waals surface area contributed by atoms with Gasteiger partial charge in [0.1, 0.15) is 0 Å². The van der Waals surface area contributed by atoms with E-state index in [1.54, 1.807) is 21.9 Å². The van der Waals surface area contributed by atoms with Crippen LogP contribution in [0.3, 0.4) is 0 Å². The van der Waals surface area contributed by atoms with E-state index in [2.05, 4.69) is 38.2 Å². The van der Waals surface area contributed by atoms with Crippen LogP contribution in [0.4, 0.5) is 0 Å². The number of nitrogens with zero attached hydrogens (tertiary/aromatic N) is 2. The Morgan fingerprint density at radius 3 is 2.00 bits per heavy atom. The molecule has 0 aromatic heterocycles. The average molecular weight is 526 g/mol. The number of hydrogen-bond donors (Lipinski definition) is 1. The molecule has 1 fully saturated rings. The summed E-state index contributed by atoms with van der Waals surface area (Å²) in [6.07, 6.45) is 2.00. The Morgan fingerprint density at radius 2 is 1.41 bits per heavy atom. The first-order valence-electron chi connectivity index (χ1n) is 13.7. The molecule has 0 saturated carbocycles. The normalized spacial score (nSPS) is 16.7. The number of hydrogen-bond acceptors (Lipinski definition) is 3. The maximum atomic E-state index is 13.6. The first-order chi connectivity index (χ1) is 18.7. The molecule has 1 saturated heterocycles. The van der Waals surface area contributed by atoms with Gasteiger partial charge in [-0.05, 0) is 47.9 Å². The fourth-order valence-corrected chi connectivity index (χ4v) is 5.02. The van der Waals surface area contributed by atoms with Crippen molar-refractivity contribution >= 4 is 17.7 Å². The molecule has 2 unspecified atom stereocenters. The lowest BCUT2D eigenvalue weighted by atomic mass is 9.91. The first-order valence-corrected chi connectivity index (χ1v) is 13.7. The number of carbonyl (C=O) groups excluding carboxylic acids is 3. The number of amides is 3. The van der Waals surface area contributed by atoms with E-state index in [9.17, 15) is 14.4 Å². The summed E-state index contributed by atoms with van der Waals surface area (Å²) < 4.78 is 0. The van der Waals surface area contributed by atoms with Crippen LogP contribution in [-0.2, 0) is 22.4 Å². The molecule has 39 heavy (non-hydrogen) atoms. The van der Waals surface area contributed by atoms with Gasteiger partial charge in [0.2, 0.25) is 0 Å². The van der Waals surface area contributed by atoms with Gasteiger partial charge in [-0.25, -0.2) is 0 Å². The molecule has 1 N–H and O–H groups in total. The fourth-order valence-electron chi connectivity index (χ4n) is 5.02. The molecule has 3 aromatic carbocycles. The van der Waals surface area contributed by atoms with Crippen LogP contribution in [0.5, 0.6) is 0 Å². The summed E-state index contributed by atoms with van der Waals surface area (Å²) in [5.74, 6) is -1.15. The third-order valence-electron chi connectivity index (χ3n) is 7.26. The third kappa shape index (κ3) is 7.79. The SMILES string of the molecule is CC(C)(C)CCN1C(=O)C(=O)N(C(CNC(=O)c2ccccc2)Cc2ccccc2)CC1Cc1ccccc1. The highest BCUT2D eigenvalue weighted by molar-refractivity contribution is 6.35. The van der Waals surface area contributed by atoms with E-state index < -0.39 is 11.8 Å². The lowest BCUT2D eigenvalue weighted by molar-refractivity contribution is -0.161. The number of benzene rings is 3. The average Bonchev–Trinajstić information content (AvgIpc) is 2.93. The molecule has 1 heterocycles. The van der Waals surface area contributed by atoms with E-state index in [1.165, 1.54) is 0 Å². The number of piperazine rings is 1. The quantitative estimate of drug-likeness (QED) is 0.389. The van der Waals surface area contributed by atoms with Crippen molar-refractivity contribution < 1.29 is 14.4 Å². The minimum Gasteiger partial charge on any atom is -0.350 e. The predicted molar refractivity (Wildman–Crippen MR) is 154 cm³/mol. The molecule has 3 aromatic rings. The van der Waals surface area contributed by atoms with Crippen molar-refractivity contribution in [3.63, 3.8) is 0 Å². The molecule has 2 atom stereocenters. The van der Waals surface area contributed by atoms with Crippen LogP contribution in [0.15, 0.2) is 91.0 Å². The Hall–Kier alpha value is -3.93. The zero-order valence-corrected chi connectivity index (χ0v) is 23.2. The highest BCUT2D eigenvalue weighted by Crippen LogP contribution is 2.25. The standard InChI is InChI=1S/C33H39N3O3/c1-33(2,3)19-20-35-29(22-26-15-9-5-10-16-26)24-36(32(39)31(35)38)28(21-25-13-7-4-8-14-25)23-34-30(37)27-17-11-6-12-18-27/h4-18,28-29H,19-24H2,1-3H3,(H,34,37). The van der Waals surface area contributed by atoms with Crippen LogP contribution >= 0.6 is 0 Å². The highest BCUT2D eigenvalue weighted by atomic mass is 16.2. The lowest BCUT2D eigenvalue weighted by Gasteiger charge is -2.44. The van der Waals surface area contributed by atoms with Gasteiger partial charge in [-0.3, -0.25) is 14.4 Å². The van der Waals surface area contributed by atoms with Gasteiger partial charge in [0.15, 0.2) is 0 Å². The molecule has 1 aliphatic heterocycles. The molecule has 4 rings (SSSR count). The molecule has 1 aliphatic rings. The van der Waals surface area contributed by atoms with Crippen molar-refractivity contribution in [2.75, 3.05) is 19.6 Å². The molecule has 0 aliphatic carbocycles. The maximum Gasteiger partial charge on any atom is 0.312 e. The van der Waals surface area contributed by atoms with Crippen LogP contribution in [0.25, 0.3) is 0 Å². The molecule has 6 nitrogen and oxygen atoms in total. The van der Waals surface area contributed by atoms with Crippen LogP contribution in [-0.4, -0.2) is 59.2 Å². The van der Waals surface area contributed by atoms with E-state index in [4.69, 9.17) is 0 Å². The molecule has 6 heteroatoms. The van der Waals surface area contributed by atoms with Gasteiger partial charge in [-0.15, -0.1) is 0 Å². The maximum absolute atomic E-state index is 13.6. The largest absolute Gasteiger partial charge is 0.350 e. The summed E-state index contributed by atoms with van der Waals surface area (Å²) in [4.78, 5) is 43.6. The molecular weight excluding hydrogens is 486 g/mol. The third-order valence-corrected chi connectivity index (χ3v) is 7.26. The van der Waals surface area contributed by atoms with Gasteiger partial charge < -0.3 is 15.1 Å². The summed E-state index contributed by atoms with van der Waals surface area (Å²) in [5.41, 5.74) is 2.77. The second kappa shape index (κ2) is 12.7. The van der Waals surface area contributed by atoms with Crippen molar-refractivity contribution in [2.45, 2.75) is 52.1 Å². The zero-order chi connectivity index (χ0) is 27.8. The molecule has 0 bridgehead atoms. The highest BCUT2D eigenvalue weighted by Gasteiger charge is 2.42. The second-order valence-electron chi connectivity index (χ2n) is 11.5. The Morgan fingerprint density at radius 1 is 0.846 bits per heavy atom. The van der Waals surface area contributed by atoms with Crippen molar-refractivity contribution in [1.82, 2.24) is 15.1 Å². The van der Waals surface area contributed by atoms with Crippen molar-refractivity contribution in [3.05, 3.63) is 108 Å². The zero-order valence-electron chi connectivity index (χ0n) is 23.2. The fraction of sp³-hybridized carbons (Fsp3) is 0.364. The molecule has 204 valence electrons. The topological polar surface area (TPSA) is 69.7 Å². The summed E-state index contributed by atoms with van der Waals surface area (Å²) in [5, 5.41) is 3.02. The summed E-state index contributed by atoms with van der Waals surface area (Å²) in [6.45, 7) is 7.64. The van der Waals surface area contributed by atoms with Crippen molar-refractivity contribution in [2.24, 2.45) is 5.41 Å². The van der Waals surface area contributed by atoms with Crippen LogP contribution in [0.1, 0.15) is 48.7 Å². The van der Waals surface area contributed by atoms with Crippen molar-refractivity contribution in [1.29, 1.82) is 0 Å². The van der Waals surface area contributed by atoms with Gasteiger partial charge in [0, 0.05) is 25.2 Å². The van der Waals surface area contributed by atoms with E-state index in [0.29, 0.717) is 31.5 Å². The van der Waals surface area contributed by atoms with Gasteiger partial charge in [-0.2, -0.15) is 0 Å². The van der Waals surface area contributed by atoms with E-state index in [1.807, 2.05) is 66.7 Å². The monoisotopic (exact) mass is 525 g/mol. The van der Waals surface area contributed by atoms with Gasteiger partial charge in [0.25, 0.3) is 5.91 Å². The number of nitrogens with one attached hydrogen (secondary N) is 1. The Bertz CT molecular complexity index is 1240. The minimum atomic E-state index is -0.497. The predicted octanol–water partition coefficient (Wildman–Crippen LogP) is 4.75. The van der Waals surface area contributed by atoms with Crippen LogP contribution in [0.2, 0.25) is 0 Å². The van der Waals surface area contributed by atoms with Crippen LogP contribution < -0.4 is 5.32 Å². The summed E-state index contributed by atoms with van der Waals surface area (Å²) in [7, 11) is 0. The van der Waals surface area contributed by atoms with E-state index in [-0.39, 0.29) is 30.0 Å². The smallest absolute Gasteiger partial charge is 0.312 e. The molecule has 3 amide bonds. The molecule has 0 radical (unpaired) electrons. The summed E-state index contributed by atoms with van der Waals surface area (Å²) >= 11 is 0. The second-order valence-corrected chi connectivity index (χ2v) is 11.5. The molecule has 0 spiro atoms. The van der Waals surface area contributed by atoms with Crippen LogP contribution in [0, 0.1) is 5.41 Å². The van der Waals surface area contributed by atoms with Crippen molar-refractivity contribution in [3.8, 4) is 0 Å². The van der Waals surface area contributed by atoms with Gasteiger partial charge in [0.05, 0.1) is 12.1 Å². The molecular formula is C33H39N3O3. The van der Waals surface area contributed by atoms with E-state index >= 15 is 0 Å². The Kier molecular flexibility index (Phi) is 9.18.